The van der Waals surface area contributed by atoms with Gasteiger partial charge >= 0.3 is 11.8 Å². The minimum atomic E-state index is -0.887. The second-order valence-electron chi connectivity index (χ2n) is 3.06. The lowest BCUT2D eigenvalue weighted by molar-refractivity contribution is -0.384. The zero-order chi connectivity index (χ0) is 12.4. The van der Waals surface area contributed by atoms with Crippen LogP contribution in [0.5, 0.6) is 0 Å². The van der Waals surface area contributed by atoms with E-state index in [4.69, 9.17) is 5.73 Å². The van der Waals surface area contributed by atoms with Crippen molar-refractivity contribution in [2.24, 2.45) is 5.73 Å². The number of hydrogen-bond acceptors (Lipinski definition) is 6. The second-order valence-corrected chi connectivity index (χ2v) is 3.06. The first-order valence-electron chi connectivity index (χ1n) is 4.47. The largest absolute Gasteiger partial charge is 0.361 e. The van der Waals surface area contributed by atoms with Crippen molar-refractivity contribution in [3.63, 3.8) is 0 Å². The maximum Gasteiger partial charge on any atom is 0.316 e. The number of carbonyl (C=O) groups excluding carboxylic acids is 1. The molecule has 8 nitrogen and oxygen atoms in total. The number of para-hydroxylation sites is 1. The minimum absolute atomic E-state index is 0.0499. The fraction of sp³-hybridized carbons (Fsp3) is 0. The third-order valence-corrected chi connectivity index (χ3v) is 1.98. The van der Waals surface area contributed by atoms with Crippen molar-refractivity contribution in [3.05, 3.63) is 40.3 Å². The van der Waals surface area contributed by atoms with Crippen LogP contribution in [0, 0.1) is 10.1 Å². The molecule has 0 radical (unpaired) electrons. The third-order valence-electron chi connectivity index (χ3n) is 1.98. The van der Waals surface area contributed by atoms with Crippen molar-refractivity contribution < 1.29 is 14.2 Å². The van der Waals surface area contributed by atoms with E-state index in [1.807, 2.05) is 0 Å². The van der Waals surface area contributed by atoms with Crippen LogP contribution in [0.4, 0.5) is 5.69 Å². The molecule has 1 heterocycles. The Kier molecular flexibility index (Phi) is 2.53. The summed E-state index contributed by atoms with van der Waals surface area (Å²) in [5.41, 5.74) is 4.92. The molecule has 8 heteroatoms. The van der Waals surface area contributed by atoms with Crippen LogP contribution in [-0.2, 0) is 0 Å². The monoisotopic (exact) mass is 234 g/mol. The van der Waals surface area contributed by atoms with Crippen molar-refractivity contribution in [1.82, 2.24) is 10.1 Å². The molecular weight excluding hydrogens is 228 g/mol. The Balaban J connectivity index is 2.52. The van der Waals surface area contributed by atoms with Crippen molar-refractivity contribution in [2.75, 3.05) is 0 Å². The highest BCUT2D eigenvalue weighted by Gasteiger charge is 2.20. The number of nitrogens with two attached hydrogens (primary N) is 1. The topological polar surface area (TPSA) is 125 Å². The minimum Gasteiger partial charge on any atom is -0.361 e. The number of benzene rings is 1. The molecule has 0 aliphatic carbocycles. The van der Waals surface area contributed by atoms with Gasteiger partial charge in [0.05, 0.1) is 4.92 Å². The van der Waals surface area contributed by atoms with E-state index in [0.29, 0.717) is 0 Å². The molecule has 0 spiro atoms. The summed E-state index contributed by atoms with van der Waals surface area (Å²) < 4.78 is 4.56. The molecule has 2 N–H and O–H groups in total. The fourth-order valence-electron chi connectivity index (χ4n) is 1.25. The van der Waals surface area contributed by atoms with Gasteiger partial charge in [0.25, 0.3) is 5.69 Å². The summed E-state index contributed by atoms with van der Waals surface area (Å²) in [4.78, 5) is 24.6. The highest BCUT2D eigenvalue weighted by molar-refractivity contribution is 5.88. The van der Waals surface area contributed by atoms with Gasteiger partial charge < -0.3 is 10.3 Å². The zero-order valence-electron chi connectivity index (χ0n) is 8.36. The van der Waals surface area contributed by atoms with Crippen LogP contribution in [0.3, 0.4) is 0 Å². The number of nitrogens with zero attached hydrogens (tertiary/aromatic N) is 3. The standard InChI is InChI=1S/C9H6N4O4/c10-7(14)9-11-8(12-17-9)5-3-1-2-4-6(5)13(15)16/h1-4H,(H2,10,14). The second kappa shape index (κ2) is 4.00. The molecule has 0 saturated carbocycles. The van der Waals surface area contributed by atoms with Gasteiger partial charge in [-0.15, -0.1) is 0 Å². The first kappa shape index (κ1) is 10.7. The van der Waals surface area contributed by atoms with Gasteiger partial charge in [-0.3, -0.25) is 14.9 Å². The van der Waals surface area contributed by atoms with Crippen molar-refractivity contribution in [3.8, 4) is 11.4 Å². The predicted molar refractivity (Wildman–Crippen MR) is 54.9 cm³/mol. The Hall–Kier alpha value is -2.77. The van der Waals surface area contributed by atoms with Crippen LogP contribution in [0.15, 0.2) is 28.8 Å². The summed E-state index contributed by atoms with van der Waals surface area (Å²) in [6, 6.07) is 5.85. The molecule has 0 aliphatic heterocycles. The van der Waals surface area contributed by atoms with E-state index in [9.17, 15) is 14.9 Å². The highest BCUT2D eigenvalue weighted by atomic mass is 16.6. The van der Waals surface area contributed by atoms with Gasteiger partial charge in [0.15, 0.2) is 0 Å². The van der Waals surface area contributed by atoms with E-state index in [1.165, 1.54) is 18.2 Å². The molecule has 1 aromatic heterocycles. The Bertz CT molecular complexity index is 592. The van der Waals surface area contributed by atoms with Crippen molar-refractivity contribution in [2.45, 2.75) is 0 Å². The molecule has 2 rings (SSSR count). The number of nitro benzene ring substituents is 1. The first-order chi connectivity index (χ1) is 8.09. The Morgan fingerprint density at radius 2 is 2.12 bits per heavy atom. The van der Waals surface area contributed by atoms with Gasteiger partial charge in [-0.1, -0.05) is 17.3 Å². The molecular formula is C9H6N4O4. The lowest BCUT2D eigenvalue weighted by Gasteiger charge is -1.95. The Labute approximate surface area is 94.2 Å². The van der Waals surface area contributed by atoms with Gasteiger partial charge in [0.1, 0.15) is 5.56 Å². The molecule has 2 aromatic rings. The lowest BCUT2D eigenvalue weighted by Crippen LogP contribution is -2.11. The summed E-state index contributed by atoms with van der Waals surface area (Å²) in [5.74, 6) is -1.33. The molecule has 1 amide bonds. The number of carbonyl (C=O) groups is 1. The highest BCUT2D eigenvalue weighted by Crippen LogP contribution is 2.26. The average molecular weight is 234 g/mol. The number of rotatable bonds is 3. The van der Waals surface area contributed by atoms with Gasteiger partial charge in [0, 0.05) is 6.07 Å². The molecule has 0 bridgehead atoms. The maximum atomic E-state index is 10.8. The van der Waals surface area contributed by atoms with Crippen LogP contribution < -0.4 is 5.73 Å². The van der Waals surface area contributed by atoms with Crippen LogP contribution in [0.1, 0.15) is 10.7 Å². The number of aromatic nitrogens is 2. The number of amides is 1. The summed E-state index contributed by atoms with van der Waals surface area (Å²) in [6.07, 6.45) is 0. The molecule has 17 heavy (non-hydrogen) atoms. The van der Waals surface area contributed by atoms with E-state index in [-0.39, 0.29) is 17.1 Å². The maximum absolute atomic E-state index is 10.8. The first-order valence-corrected chi connectivity index (χ1v) is 4.47. The number of nitro groups is 1. The number of hydrogen-bond donors (Lipinski definition) is 1. The molecule has 0 fully saturated rings. The van der Waals surface area contributed by atoms with Gasteiger partial charge in [0.2, 0.25) is 5.82 Å². The van der Waals surface area contributed by atoms with E-state index in [2.05, 4.69) is 14.7 Å². The van der Waals surface area contributed by atoms with E-state index in [0.717, 1.165) is 0 Å². The smallest absolute Gasteiger partial charge is 0.316 e. The SMILES string of the molecule is NC(=O)c1nc(-c2ccccc2[N+](=O)[O-])no1. The van der Waals surface area contributed by atoms with Crippen molar-refractivity contribution >= 4 is 11.6 Å². The van der Waals surface area contributed by atoms with Crippen LogP contribution in [0.25, 0.3) is 11.4 Å². The van der Waals surface area contributed by atoms with Crippen LogP contribution in [0.2, 0.25) is 0 Å². The number of primary amides is 1. The fourth-order valence-corrected chi connectivity index (χ4v) is 1.25. The van der Waals surface area contributed by atoms with Crippen LogP contribution >= 0.6 is 0 Å². The van der Waals surface area contributed by atoms with E-state index < -0.39 is 16.7 Å². The molecule has 0 unspecified atom stereocenters. The Morgan fingerprint density at radius 3 is 2.71 bits per heavy atom. The summed E-state index contributed by atoms with van der Waals surface area (Å²) >= 11 is 0. The normalized spacial score (nSPS) is 10.1. The van der Waals surface area contributed by atoms with E-state index >= 15 is 0 Å². The third kappa shape index (κ3) is 1.95. The lowest BCUT2D eigenvalue weighted by atomic mass is 10.2. The van der Waals surface area contributed by atoms with Gasteiger partial charge in [-0.25, -0.2) is 0 Å². The van der Waals surface area contributed by atoms with Crippen molar-refractivity contribution in [1.29, 1.82) is 0 Å². The molecule has 0 saturated heterocycles. The van der Waals surface area contributed by atoms with Gasteiger partial charge in [-0.2, -0.15) is 4.98 Å². The predicted octanol–water partition coefficient (Wildman–Crippen LogP) is 0.744. The molecule has 1 aromatic carbocycles. The van der Waals surface area contributed by atoms with E-state index in [1.54, 1.807) is 6.07 Å². The zero-order valence-corrected chi connectivity index (χ0v) is 8.36. The quantitative estimate of drug-likeness (QED) is 0.616. The van der Waals surface area contributed by atoms with Gasteiger partial charge in [-0.05, 0) is 6.07 Å². The summed E-state index contributed by atoms with van der Waals surface area (Å²) in [6.45, 7) is 0. The Morgan fingerprint density at radius 1 is 1.41 bits per heavy atom. The van der Waals surface area contributed by atoms with Crippen LogP contribution in [-0.4, -0.2) is 21.0 Å². The summed E-state index contributed by atoms with van der Waals surface area (Å²) in [5, 5.41) is 14.2. The molecule has 0 atom stereocenters. The average Bonchev–Trinajstić information content (AvgIpc) is 2.78. The summed E-state index contributed by atoms with van der Waals surface area (Å²) in [7, 11) is 0. The molecule has 0 aliphatic rings. The molecule has 86 valence electrons.